The SMILES string of the molecule is C=CCN1C(=O)NC(=O)C(Cc2ccc3c(c2)OCO3)(CN2CC3CC(C2)c2cccc(=O)n2C3)C1=O. The second-order valence-corrected chi connectivity index (χ2v) is 10.3. The summed E-state index contributed by atoms with van der Waals surface area (Å²) in [4.78, 5) is 55.7. The molecule has 10 heteroatoms. The average Bonchev–Trinajstić information content (AvgIpc) is 3.34. The van der Waals surface area contributed by atoms with Gasteiger partial charge in [0.1, 0.15) is 5.41 Å². The fourth-order valence-corrected chi connectivity index (χ4v) is 6.28. The number of aromatic nitrogens is 1. The largest absolute Gasteiger partial charge is 0.454 e. The summed E-state index contributed by atoms with van der Waals surface area (Å²) < 4.78 is 12.8. The summed E-state index contributed by atoms with van der Waals surface area (Å²) in [7, 11) is 0. The third-order valence-electron chi connectivity index (χ3n) is 7.86. The van der Waals surface area contributed by atoms with Crippen LogP contribution in [-0.4, -0.2) is 65.2 Å². The van der Waals surface area contributed by atoms with Gasteiger partial charge in [0.05, 0.1) is 0 Å². The van der Waals surface area contributed by atoms with Gasteiger partial charge in [-0.3, -0.25) is 24.6 Å². The first kappa shape index (κ1) is 23.5. The number of barbiturate groups is 1. The van der Waals surface area contributed by atoms with Crippen LogP contribution in [0.5, 0.6) is 11.5 Å². The normalized spacial score (nSPS) is 26.6. The van der Waals surface area contributed by atoms with E-state index in [1.807, 2.05) is 16.7 Å². The van der Waals surface area contributed by atoms with Gasteiger partial charge >= 0.3 is 6.03 Å². The number of nitrogens with zero attached hydrogens (tertiary/aromatic N) is 3. The van der Waals surface area contributed by atoms with Crippen LogP contribution in [0, 0.1) is 11.3 Å². The zero-order valence-electron chi connectivity index (χ0n) is 20.4. The molecule has 2 aromatic rings. The third-order valence-corrected chi connectivity index (χ3v) is 7.86. The molecule has 4 aliphatic rings. The minimum Gasteiger partial charge on any atom is -0.454 e. The molecule has 1 aromatic heterocycles. The van der Waals surface area contributed by atoms with E-state index in [4.69, 9.17) is 9.47 Å². The molecule has 3 atom stereocenters. The fraction of sp³-hybridized carbons (Fsp3) is 0.407. The summed E-state index contributed by atoms with van der Waals surface area (Å²) in [6.45, 7) is 5.81. The van der Waals surface area contributed by atoms with Gasteiger partial charge < -0.3 is 18.9 Å². The topological polar surface area (TPSA) is 110 Å². The van der Waals surface area contributed by atoms with Crippen LogP contribution in [-0.2, 0) is 22.6 Å². The first-order chi connectivity index (χ1) is 17.9. The van der Waals surface area contributed by atoms with E-state index in [0.717, 1.165) is 22.6 Å². The fourth-order valence-electron chi connectivity index (χ4n) is 6.28. The summed E-state index contributed by atoms with van der Waals surface area (Å²) in [6, 6.07) is 9.98. The van der Waals surface area contributed by atoms with E-state index in [9.17, 15) is 19.2 Å². The lowest BCUT2D eigenvalue weighted by atomic mass is 9.75. The Kier molecular flexibility index (Phi) is 5.63. The quantitative estimate of drug-likeness (QED) is 0.469. The zero-order valence-corrected chi connectivity index (χ0v) is 20.4. The van der Waals surface area contributed by atoms with Crippen LogP contribution in [0.4, 0.5) is 4.79 Å². The number of hydrogen-bond donors (Lipinski definition) is 1. The Morgan fingerprint density at radius 2 is 1.89 bits per heavy atom. The number of likely N-dealkylation sites (tertiary alicyclic amines) is 1. The molecule has 0 aliphatic carbocycles. The van der Waals surface area contributed by atoms with Gasteiger partial charge in [0, 0.05) is 50.4 Å². The molecule has 5 heterocycles. The average molecular weight is 505 g/mol. The lowest BCUT2D eigenvalue weighted by Gasteiger charge is -2.47. The van der Waals surface area contributed by atoms with Crippen molar-refractivity contribution in [1.82, 2.24) is 19.7 Å². The van der Waals surface area contributed by atoms with Gasteiger partial charge in [-0.1, -0.05) is 18.2 Å². The molecule has 2 bridgehead atoms. The highest BCUT2D eigenvalue weighted by Crippen LogP contribution is 2.40. The molecule has 6 rings (SSSR count). The summed E-state index contributed by atoms with van der Waals surface area (Å²) in [5, 5.41) is 2.42. The lowest BCUT2D eigenvalue weighted by molar-refractivity contribution is -0.153. The summed E-state index contributed by atoms with van der Waals surface area (Å²) >= 11 is 0. The van der Waals surface area contributed by atoms with Gasteiger partial charge in [-0.05, 0) is 42.5 Å². The molecule has 0 radical (unpaired) electrons. The molecule has 4 amide bonds. The van der Waals surface area contributed by atoms with Gasteiger partial charge in [0.15, 0.2) is 11.5 Å². The number of rotatable bonds is 6. The second-order valence-electron chi connectivity index (χ2n) is 10.3. The van der Waals surface area contributed by atoms with Crippen LogP contribution in [0.2, 0.25) is 0 Å². The van der Waals surface area contributed by atoms with Crippen molar-refractivity contribution in [2.45, 2.75) is 25.3 Å². The Morgan fingerprint density at radius 1 is 1.05 bits per heavy atom. The molecule has 2 fully saturated rings. The van der Waals surface area contributed by atoms with Crippen LogP contribution in [0.25, 0.3) is 0 Å². The van der Waals surface area contributed by atoms with E-state index in [1.165, 1.54) is 6.08 Å². The van der Waals surface area contributed by atoms with Crippen LogP contribution in [0.1, 0.15) is 23.6 Å². The van der Waals surface area contributed by atoms with Crippen LogP contribution >= 0.6 is 0 Å². The number of pyridine rings is 1. The maximum Gasteiger partial charge on any atom is 0.331 e. The number of carbonyl (C=O) groups excluding carboxylic acids is 3. The van der Waals surface area contributed by atoms with Gasteiger partial charge in [-0.15, -0.1) is 6.58 Å². The monoisotopic (exact) mass is 504 g/mol. The van der Waals surface area contributed by atoms with E-state index in [0.29, 0.717) is 31.1 Å². The number of hydrogen-bond acceptors (Lipinski definition) is 7. The smallest absolute Gasteiger partial charge is 0.331 e. The van der Waals surface area contributed by atoms with Gasteiger partial charge in [0.25, 0.3) is 5.56 Å². The number of carbonyl (C=O) groups is 3. The molecule has 0 spiro atoms. The van der Waals surface area contributed by atoms with Crippen molar-refractivity contribution in [1.29, 1.82) is 0 Å². The number of urea groups is 1. The van der Waals surface area contributed by atoms with E-state index < -0.39 is 23.3 Å². The van der Waals surface area contributed by atoms with E-state index in [2.05, 4.69) is 16.8 Å². The molecule has 3 unspecified atom stereocenters. The van der Waals surface area contributed by atoms with Gasteiger partial charge in [-0.2, -0.15) is 0 Å². The molecular weight excluding hydrogens is 476 g/mol. The molecule has 1 aromatic carbocycles. The number of ether oxygens (including phenoxy) is 2. The maximum atomic E-state index is 13.9. The van der Waals surface area contributed by atoms with Gasteiger partial charge in [-0.25, -0.2) is 4.79 Å². The highest BCUT2D eigenvalue weighted by molar-refractivity contribution is 6.19. The molecule has 37 heavy (non-hydrogen) atoms. The maximum absolute atomic E-state index is 13.9. The Hall–Kier alpha value is -3.92. The van der Waals surface area contributed by atoms with Crippen LogP contribution in [0.3, 0.4) is 0 Å². The summed E-state index contributed by atoms with van der Waals surface area (Å²) in [6.07, 6.45) is 2.52. The number of nitrogens with one attached hydrogen (secondary N) is 1. The standard InChI is InChI=1S/C27H28N4O6/c1-2-8-30-25(34)27(24(33)28-26(30)35,11-17-6-7-21-22(10-17)37-16-36-21)15-29-12-18-9-19(14-29)20-4-3-5-23(32)31(20)13-18/h2-7,10,18-19H,1,8-9,11-16H2,(H,28,33,35). The first-order valence-electron chi connectivity index (χ1n) is 12.5. The molecule has 10 nitrogen and oxygen atoms in total. The van der Waals surface area contributed by atoms with E-state index in [-0.39, 0.29) is 43.7 Å². The second kappa shape index (κ2) is 8.88. The van der Waals surface area contributed by atoms with Crippen LogP contribution in [0.15, 0.2) is 53.8 Å². The Labute approximate surface area is 213 Å². The number of imide groups is 2. The van der Waals surface area contributed by atoms with E-state index >= 15 is 0 Å². The minimum absolute atomic E-state index is 0.000318. The summed E-state index contributed by atoms with van der Waals surface area (Å²) in [5.41, 5.74) is 0.198. The zero-order chi connectivity index (χ0) is 25.7. The predicted octanol–water partition coefficient (Wildman–Crippen LogP) is 1.49. The number of benzene rings is 1. The molecule has 2 saturated heterocycles. The number of amides is 4. The summed E-state index contributed by atoms with van der Waals surface area (Å²) in [5.74, 6) is 0.376. The molecule has 0 saturated carbocycles. The van der Waals surface area contributed by atoms with Crippen molar-refractivity contribution in [2.24, 2.45) is 11.3 Å². The van der Waals surface area contributed by atoms with Crippen molar-refractivity contribution >= 4 is 17.8 Å². The highest BCUT2D eigenvalue weighted by Gasteiger charge is 2.55. The van der Waals surface area contributed by atoms with Crippen LogP contribution < -0.4 is 20.3 Å². The van der Waals surface area contributed by atoms with Crippen molar-refractivity contribution in [2.75, 3.05) is 33.0 Å². The number of piperidine rings is 1. The Bertz CT molecular complexity index is 1370. The van der Waals surface area contributed by atoms with Gasteiger partial charge in [0.2, 0.25) is 18.6 Å². The molecule has 192 valence electrons. The van der Waals surface area contributed by atoms with Crippen molar-refractivity contribution in [3.05, 3.63) is 70.7 Å². The number of fused-ring (bicyclic) bond motifs is 5. The Balaban J connectivity index is 1.35. The predicted molar refractivity (Wildman–Crippen MR) is 132 cm³/mol. The molecule has 1 N–H and O–H groups in total. The molecular formula is C27H28N4O6. The first-order valence-corrected chi connectivity index (χ1v) is 12.5. The third kappa shape index (κ3) is 3.92. The van der Waals surface area contributed by atoms with Crippen molar-refractivity contribution in [3.63, 3.8) is 0 Å². The molecule has 4 aliphatic heterocycles. The van der Waals surface area contributed by atoms with E-state index in [1.54, 1.807) is 24.3 Å². The minimum atomic E-state index is -1.52. The lowest BCUT2D eigenvalue weighted by Crippen LogP contribution is -2.68. The highest BCUT2D eigenvalue weighted by atomic mass is 16.7. The Morgan fingerprint density at radius 3 is 2.73 bits per heavy atom. The van der Waals surface area contributed by atoms with Crippen molar-refractivity contribution < 1.29 is 23.9 Å². The van der Waals surface area contributed by atoms with Crippen molar-refractivity contribution in [3.8, 4) is 11.5 Å².